The summed E-state index contributed by atoms with van der Waals surface area (Å²) in [5.74, 6) is 0.719. The Morgan fingerprint density at radius 3 is 2.69 bits per heavy atom. The molecule has 0 spiro atoms. The first-order chi connectivity index (χ1) is 19.0. The van der Waals surface area contributed by atoms with Gasteiger partial charge in [-0.3, -0.25) is 9.79 Å². The molecule has 6 rings (SSSR count). The van der Waals surface area contributed by atoms with Crippen molar-refractivity contribution in [2.75, 3.05) is 12.3 Å². The van der Waals surface area contributed by atoms with Crippen molar-refractivity contribution in [3.8, 4) is 11.5 Å². The van der Waals surface area contributed by atoms with Crippen LogP contribution in [0, 0.1) is 18.3 Å². The van der Waals surface area contributed by atoms with E-state index < -0.39 is 5.82 Å². The quantitative estimate of drug-likeness (QED) is 0.328. The molecule has 8 nitrogen and oxygen atoms in total. The summed E-state index contributed by atoms with van der Waals surface area (Å²) < 4.78 is 19.7. The Morgan fingerprint density at radius 1 is 1.15 bits per heavy atom. The molecule has 1 saturated heterocycles. The van der Waals surface area contributed by atoms with E-state index in [1.165, 1.54) is 12.4 Å². The molecule has 2 aliphatic heterocycles. The van der Waals surface area contributed by atoms with E-state index in [9.17, 15) is 9.18 Å². The second kappa shape index (κ2) is 10.3. The maximum Gasteiger partial charge on any atom is 0.252 e. The molecule has 2 fully saturated rings. The van der Waals surface area contributed by atoms with Crippen molar-refractivity contribution in [1.29, 1.82) is 0 Å². The van der Waals surface area contributed by atoms with E-state index >= 15 is 0 Å². The van der Waals surface area contributed by atoms with Crippen LogP contribution in [0.15, 0.2) is 71.6 Å². The fraction of sp³-hybridized carbons (Fsp3) is 0.300. The summed E-state index contributed by atoms with van der Waals surface area (Å²) >= 11 is 0. The maximum atomic E-state index is 14.0. The summed E-state index contributed by atoms with van der Waals surface area (Å²) in [5, 5.41) is 0. The molecule has 3 aliphatic rings. The number of halogens is 1. The number of carbonyl (C=O) groups excluding carboxylic acids is 1. The normalized spacial score (nSPS) is 20.4. The predicted octanol–water partition coefficient (Wildman–Crippen LogP) is 5.48. The van der Waals surface area contributed by atoms with Gasteiger partial charge in [0.2, 0.25) is 5.70 Å². The molecular formula is C30H27FN6O2. The Morgan fingerprint density at radius 2 is 1.95 bits per heavy atom. The largest absolute Gasteiger partial charge is 0.454 e. The van der Waals surface area contributed by atoms with E-state index in [0.29, 0.717) is 41.7 Å². The number of benzene rings is 2. The number of aromatic nitrogens is 2. The number of hydrogen-bond donors (Lipinski definition) is 1. The van der Waals surface area contributed by atoms with Crippen LogP contribution >= 0.6 is 0 Å². The van der Waals surface area contributed by atoms with E-state index in [1.807, 2.05) is 23.1 Å². The van der Waals surface area contributed by atoms with Crippen LogP contribution in [0.1, 0.15) is 55.0 Å². The van der Waals surface area contributed by atoms with Gasteiger partial charge in [0.25, 0.3) is 5.91 Å². The molecule has 1 amide bonds. The zero-order valence-electron chi connectivity index (χ0n) is 21.3. The Hall–Kier alpha value is -4.58. The van der Waals surface area contributed by atoms with Crippen LogP contribution in [0.5, 0.6) is 11.5 Å². The molecule has 9 heteroatoms. The lowest BCUT2D eigenvalue weighted by atomic mass is 9.99. The first-order valence-electron chi connectivity index (χ1n) is 13.1. The van der Waals surface area contributed by atoms with Gasteiger partial charge in [0, 0.05) is 18.2 Å². The number of nitrogens with zero attached hydrogens (tertiary/aromatic N) is 5. The highest BCUT2D eigenvalue weighted by atomic mass is 19.1. The lowest BCUT2D eigenvalue weighted by Gasteiger charge is -2.26. The van der Waals surface area contributed by atoms with E-state index in [-0.39, 0.29) is 29.4 Å². The molecule has 39 heavy (non-hydrogen) atoms. The fourth-order valence-electron chi connectivity index (χ4n) is 5.30. The number of anilines is 1. The summed E-state index contributed by atoms with van der Waals surface area (Å²) in [5.41, 5.74) is 9.44. The summed E-state index contributed by atoms with van der Waals surface area (Å²) in [4.78, 5) is 32.3. The van der Waals surface area contributed by atoms with Crippen LogP contribution in [0.3, 0.4) is 0 Å². The van der Waals surface area contributed by atoms with E-state index in [1.54, 1.807) is 30.3 Å². The van der Waals surface area contributed by atoms with Gasteiger partial charge >= 0.3 is 0 Å². The predicted molar refractivity (Wildman–Crippen MR) is 145 cm³/mol. The average Bonchev–Trinajstić information content (AvgIpc) is 3.52. The molecule has 2 aromatic carbocycles. The van der Waals surface area contributed by atoms with Gasteiger partial charge in [-0.2, -0.15) is 0 Å². The van der Waals surface area contributed by atoms with Gasteiger partial charge < -0.3 is 15.4 Å². The number of nitrogen functional groups attached to an aromatic ring is 1. The second-order valence-corrected chi connectivity index (χ2v) is 10.1. The van der Waals surface area contributed by atoms with Crippen molar-refractivity contribution in [2.45, 2.75) is 44.2 Å². The van der Waals surface area contributed by atoms with Gasteiger partial charge in [-0.05, 0) is 74.4 Å². The number of nitrogens with two attached hydrogens (primary N) is 1. The fourth-order valence-corrected chi connectivity index (χ4v) is 5.30. The van der Waals surface area contributed by atoms with Crippen LogP contribution in [0.4, 0.5) is 10.2 Å². The monoisotopic (exact) mass is 522 g/mol. The first-order valence-corrected chi connectivity index (χ1v) is 13.1. The number of hydrogen-bond acceptors (Lipinski definition) is 6. The molecule has 1 aliphatic carbocycles. The first kappa shape index (κ1) is 24.7. The van der Waals surface area contributed by atoms with Gasteiger partial charge in [-0.1, -0.05) is 18.2 Å². The molecule has 1 aromatic heterocycles. The molecular weight excluding hydrogens is 495 g/mol. The number of aliphatic imine (C=N–C) groups is 1. The highest BCUT2D eigenvalue weighted by Gasteiger charge is 2.37. The molecule has 1 unspecified atom stereocenters. The molecule has 3 aromatic rings. The molecule has 2 atom stereocenters. The van der Waals surface area contributed by atoms with Gasteiger partial charge in [0.15, 0.2) is 11.6 Å². The smallest absolute Gasteiger partial charge is 0.252 e. The Bertz CT molecular complexity index is 1520. The van der Waals surface area contributed by atoms with Crippen molar-refractivity contribution in [1.82, 2.24) is 14.9 Å². The van der Waals surface area contributed by atoms with Crippen LogP contribution < -0.4 is 10.5 Å². The zero-order chi connectivity index (χ0) is 26.9. The Balaban J connectivity index is 1.25. The second-order valence-electron chi connectivity index (χ2n) is 10.1. The van der Waals surface area contributed by atoms with E-state index in [0.717, 1.165) is 36.9 Å². The standard InChI is InChI=1S/C30H27FN6O2/c1-33-24(15-18-8-9-18)30(38)37-14-4-5-20(37)16-23-28-26(29(32)35-17-34-28)27(36-23)19-10-12-21(13-11-19)39-25-7-3-2-6-22(25)31/h2-3,6-7,10-13,15,17-18,20,23H,4-5,8-9,14,16H2,(H2,32,34,35)/t20-,23?/m1/s1. The molecule has 0 bridgehead atoms. The number of fused-ring (bicyclic) bond motifs is 1. The number of ether oxygens (including phenoxy) is 1. The topological polar surface area (TPSA) is 98.1 Å². The highest BCUT2D eigenvalue weighted by molar-refractivity contribution is 6.17. The minimum atomic E-state index is -0.436. The van der Waals surface area contributed by atoms with Crippen molar-refractivity contribution < 1.29 is 13.9 Å². The molecule has 0 radical (unpaired) electrons. The van der Waals surface area contributed by atoms with Crippen LogP contribution in [-0.4, -0.2) is 39.1 Å². The van der Waals surface area contributed by atoms with Gasteiger partial charge in [0.05, 0.1) is 29.6 Å². The number of amides is 1. The number of likely N-dealkylation sites (tertiary alicyclic amines) is 1. The number of carbonyl (C=O) groups is 1. The molecule has 3 heterocycles. The van der Waals surface area contributed by atoms with E-state index in [4.69, 9.17) is 22.0 Å². The van der Waals surface area contributed by atoms with Crippen LogP contribution in [0.2, 0.25) is 0 Å². The molecule has 196 valence electrons. The third kappa shape index (κ3) is 4.98. The van der Waals surface area contributed by atoms with Gasteiger partial charge in [-0.25, -0.2) is 19.2 Å². The van der Waals surface area contributed by atoms with Gasteiger partial charge in [-0.15, -0.1) is 0 Å². The number of para-hydroxylation sites is 1. The third-order valence-electron chi connectivity index (χ3n) is 7.42. The van der Waals surface area contributed by atoms with Crippen molar-refractivity contribution in [3.05, 3.63) is 101 Å². The summed E-state index contributed by atoms with van der Waals surface area (Å²) in [7, 11) is 0. The SMILES string of the molecule is [C-]#[N+]C(=CC1CC1)C(=O)N1CCC[C@@H]1CC1N=C(c2ccc(Oc3ccccc3F)cc2)c2c(N)ncnc21. The molecule has 2 N–H and O–H groups in total. The number of allylic oxidation sites excluding steroid dienone is 1. The third-order valence-corrected chi connectivity index (χ3v) is 7.42. The van der Waals surface area contributed by atoms with Crippen LogP contribution in [0.25, 0.3) is 4.85 Å². The summed E-state index contributed by atoms with van der Waals surface area (Å²) in [6.45, 7) is 8.16. The Labute approximate surface area is 225 Å². The lowest BCUT2D eigenvalue weighted by molar-refractivity contribution is -0.127. The van der Waals surface area contributed by atoms with Crippen molar-refractivity contribution >= 4 is 17.4 Å². The molecule has 1 saturated carbocycles. The van der Waals surface area contributed by atoms with E-state index in [2.05, 4.69) is 14.8 Å². The summed E-state index contributed by atoms with van der Waals surface area (Å²) in [6, 6.07) is 13.1. The number of rotatable bonds is 7. The van der Waals surface area contributed by atoms with Gasteiger partial charge in [0.1, 0.15) is 17.9 Å². The maximum absolute atomic E-state index is 14.0. The van der Waals surface area contributed by atoms with Crippen LogP contribution in [-0.2, 0) is 4.79 Å². The highest BCUT2D eigenvalue weighted by Crippen LogP contribution is 2.39. The lowest BCUT2D eigenvalue weighted by Crippen LogP contribution is -2.36. The zero-order valence-corrected chi connectivity index (χ0v) is 21.3. The average molecular weight is 523 g/mol. The Kier molecular flexibility index (Phi) is 6.53. The minimum absolute atomic E-state index is 0.0458. The van der Waals surface area contributed by atoms with Crippen molar-refractivity contribution in [3.63, 3.8) is 0 Å². The summed E-state index contributed by atoms with van der Waals surface area (Å²) in [6.07, 6.45) is 7.68. The van der Waals surface area contributed by atoms with Crippen molar-refractivity contribution in [2.24, 2.45) is 10.9 Å². The minimum Gasteiger partial charge on any atom is -0.454 e.